The van der Waals surface area contributed by atoms with Crippen LogP contribution in [0.5, 0.6) is 0 Å². The van der Waals surface area contributed by atoms with Crippen LogP contribution in [-0.2, 0) is 6.54 Å². The summed E-state index contributed by atoms with van der Waals surface area (Å²) < 4.78 is 0. The highest BCUT2D eigenvalue weighted by Crippen LogP contribution is 2.21. The van der Waals surface area contributed by atoms with Crippen molar-refractivity contribution in [2.45, 2.75) is 32.3 Å². The van der Waals surface area contributed by atoms with Crippen molar-refractivity contribution in [2.24, 2.45) is 0 Å². The fourth-order valence-corrected chi connectivity index (χ4v) is 3.31. The van der Waals surface area contributed by atoms with Crippen LogP contribution in [0.1, 0.15) is 22.6 Å². The molecule has 0 saturated carbocycles. The van der Waals surface area contributed by atoms with Gasteiger partial charge in [-0.05, 0) is 33.4 Å². The maximum Gasteiger partial charge on any atom is 0.126 e. The molecule has 0 aliphatic carbocycles. The smallest absolute Gasteiger partial charge is 0.126 e. The van der Waals surface area contributed by atoms with E-state index < -0.39 is 0 Å². The molecular weight excluding hydrogens is 278 g/mol. The molecule has 0 amide bonds. The van der Waals surface area contributed by atoms with Crippen molar-refractivity contribution in [3.63, 3.8) is 0 Å². The molecule has 0 unspecified atom stereocenters. The van der Waals surface area contributed by atoms with Gasteiger partial charge in [-0.15, -0.1) is 11.8 Å². The SMILES string of the molecule is Cc1nc(C)c(C)c(SCCN(C)Cc2ccccc2)n1. The molecule has 0 saturated heterocycles. The number of hydrogen-bond donors (Lipinski definition) is 0. The van der Waals surface area contributed by atoms with Crippen LogP contribution in [0.15, 0.2) is 35.4 Å². The van der Waals surface area contributed by atoms with Crippen LogP contribution < -0.4 is 0 Å². The maximum atomic E-state index is 4.55. The number of thioether (sulfide) groups is 1. The predicted molar refractivity (Wildman–Crippen MR) is 89.7 cm³/mol. The minimum Gasteiger partial charge on any atom is -0.301 e. The van der Waals surface area contributed by atoms with Gasteiger partial charge in [0.05, 0.1) is 0 Å². The summed E-state index contributed by atoms with van der Waals surface area (Å²) in [5, 5.41) is 1.12. The minimum absolute atomic E-state index is 0.859. The number of benzene rings is 1. The van der Waals surface area contributed by atoms with Crippen molar-refractivity contribution in [3.05, 3.63) is 53.0 Å². The van der Waals surface area contributed by atoms with E-state index >= 15 is 0 Å². The molecular formula is C17H23N3S. The van der Waals surface area contributed by atoms with E-state index in [0.717, 1.165) is 35.4 Å². The van der Waals surface area contributed by atoms with E-state index in [1.54, 1.807) is 0 Å². The average Bonchev–Trinajstić information content (AvgIpc) is 2.45. The van der Waals surface area contributed by atoms with Crippen molar-refractivity contribution < 1.29 is 0 Å². The van der Waals surface area contributed by atoms with Gasteiger partial charge in [0.2, 0.25) is 0 Å². The number of rotatable bonds is 6. The second-order valence-corrected chi connectivity index (χ2v) is 6.44. The molecule has 0 fully saturated rings. The van der Waals surface area contributed by atoms with Crippen LogP contribution in [0.25, 0.3) is 0 Å². The zero-order valence-electron chi connectivity index (χ0n) is 13.3. The number of nitrogens with zero attached hydrogens (tertiary/aromatic N) is 3. The van der Waals surface area contributed by atoms with Crippen LogP contribution in [0, 0.1) is 20.8 Å². The van der Waals surface area contributed by atoms with Crippen molar-refractivity contribution in [3.8, 4) is 0 Å². The first kappa shape index (κ1) is 16.0. The molecule has 1 aromatic heterocycles. The summed E-state index contributed by atoms with van der Waals surface area (Å²) in [7, 11) is 2.16. The van der Waals surface area contributed by atoms with Gasteiger partial charge in [0.1, 0.15) is 10.9 Å². The molecule has 2 aromatic rings. The highest BCUT2D eigenvalue weighted by atomic mass is 32.2. The van der Waals surface area contributed by atoms with Gasteiger partial charge in [0.15, 0.2) is 0 Å². The largest absolute Gasteiger partial charge is 0.301 e. The molecule has 0 radical (unpaired) electrons. The molecule has 0 aliphatic rings. The van der Waals surface area contributed by atoms with Crippen molar-refractivity contribution >= 4 is 11.8 Å². The zero-order valence-corrected chi connectivity index (χ0v) is 14.1. The Labute approximate surface area is 131 Å². The maximum absolute atomic E-state index is 4.55. The fourth-order valence-electron chi connectivity index (χ4n) is 2.15. The zero-order chi connectivity index (χ0) is 15.2. The highest BCUT2D eigenvalue weighted by molar-refractivity contribution is 7.99. The molecule has 1 aromatic carbocycles. The van der Waals surface area contributed by atoms with Crippen molar-refractivity contribution in [1.29, 1.82) is 0 Å². The summed E-state index contributed by atoms with van der Waals surface area (Å²) in [5.41, 5.74) is 3.65. The lowest BCUT2D eigenvalue weighted by atomic mass is 10.2. The lowest BCUT2D eigenvalue weighted by Gasteiger charge is -2.16. The van der Waals surface area contributed by atoms with Gasteiger partial charge in [0, 0.05) is 30.1 Å². The lowest BCUT2D eigenvalue weighted by molar-refractivity contribution is 0.348. The van der Waals surface area contributed by atoms with E-state index in [1.807, 2.05) is 18.7 Å². The predicted octanol–water partition coefficient (Wildman–Crippen LogP) is 3.63. The first-order chi connectivity index (χ1) is 10.1. The highest BCUT2D eigenvalue weighted by Gasteiger charge is 2.07. The molecule has 0 atom stereocenters. The number of aromatic nitrogens is 2. The van der Waals surface area contributed by atoms with E-state index in [1.165, 1.54) is 11.1 Å². The second-order valence-electron chi connectivity index (χ2n) is 5.36. The average molecular weight is 301 g/mol. The molecule has 4 heteroatoms. The van der Waals surface area contributed by atoms with Crippen molar-refractivity contribution in [1.82, 2.24) is 14.9 Å². The van der Waals surface area contributed by atoms with Gasteiger partial charge >= 0.3 is 0 Å². The molecule has 0 aliphatic heterocycles. The summed E-state index contributed by atoms with van der Waals surface area (Å²) in [4.78, 5) is 11.3. The molecule has 21 heavy (non-hydrogen) atoms. The number of aryl methyl sites for hydroxylation is 2. The van der Waals surface area contributed by atoms with Gasteiger partial charge < -0.3 is 4.90 Å². The van der Waals surface area contributed by atoms with Gasteiger partial charge in [-0.3, -0.25) is 0 Å². The molecule has 112 valence electrons. The normalized spacial score (nSPS) is 11.1. The van der Waals surface area contributed by atoms with Gasteiger partial charge in [-0.2, -0.15) is 0 Å². The van der Waals surface area contributed by atoms with Gasteiger partial charge in [0.25, 0.3) is 0 Å². The molecule has 0 spiro atoms. The minimum atomic E-state index is 0.859. The molecule has 0 N–H and O–H groups in total. The molecule has 1 heterocycles. The van der Waals surface area contributed by atoms with Crippen molar-refractivity contribution in [2.75, 3.05) is 19.3 Å². The van der Waals surface area contributed by atoms with Crippen LogP contribution in [0.2, 0.25) is 0 Å². The van der Waals surface area contributed by atoms with Crippen LogP contribution in [-0.4, -0.2) is 34.2 Å². The summed E-state index contributed by atoms with van der Waals surface area (Å²) in [6, 6.07) is 10.6. The summed E-state index contributed by atoms with van der Waals surface area (Å²) in [5.74, 6) is 1.90. The van der Waals surface area contributed by atoms with E-state index in [2.05, 4.69) is 66.1 Å². The summed E-state index contributed by atoms with van der Waals surface area (Å²) >= 11 is 1.82. The van der Waals surface area contributed by atoms with Crippen LogP contribution in [0.4, 0.5) is 0 Å². The quantitative estimate of drug-likeness (QED) is 0.602. The first-order valence-electron chi connectivity index (χ1n) is 7.23. The Morgan fingerprint density at radius 2 is 1.76 bits per heavy atom. The van der Waals surface area contributed by atoms with E-state index in [-0.39, 0.29) is 0 Å². The third kappa shape index (κ3) is 4.83. The Kier molecular flexibility index (Phi) is 5.76. The summed E-state index contributed by atoms with van der Waals surface area (Å²) in [6.07, 6.45) is 0. The van der Waals surface area contributed by atoms with Crippen LogP contribution in [0.3, 0.4) is 0 Å². The topological polar surface area (TPSA) is 29.0 Å². The third-order valence-electron chi connectivity index (χ3n) is 3.46. The van der Waals surface area contributed by atoms with E-state index in [9.17, 15) is 0 Å². The standard InChI is InChI=1S/C17H23N3S/c1-13-14(2)18-15(3)19-17(13)21-11-10-20(4)12-16-8-6-5-7-9-16/h5-9H,10-12H2,1-4H3. The Hall–Kier alpha value is -1.39. The Bertz CT molecular complexity index is 584. The molecule has 2 rings (SSSR count). The van der Waals surface area contributed by atoms with E-state index in [0.29, 0.717) is 0 Å². The van der Waals surface area contributed by atoms with Gasteiger partial charge in [-0.1, -0.05) is 30.3 Å². The van der Waals surface area contributed by atoms with Gasteiger partial charge in [-0.25, -0.2) is 9.97 Å². The Morgan fingerprint density at radius 3 is 2.48 bits per heavy atom. The lowest BCUT2D eigenvalue weighted by Crippen LogP contribution is -2.20. The third-order valence-corrected chi connectivity index (χ3v) is 4.52. The summed E-state index contributed by atoms with van der Waals surface area (Å²) in [6.45, 7) is 8.14. The second kappa shape index (κ2) is 7.57. The molecule has 0 bridgehead atoms. The number of hydrogen-bond acceptors (Lipinski definition) is 4. The first-order valence-corrected chi connectivity index (χ1v) is 8.22. The van der Waals surface area contributed by atoms with E-state index in [4.69, 9.17) is 0 Å². The Morgan fingerprint density at radius 1 is 1.05 bits per heavy atom. The van der Waals surface area contributed by atoms with Crippen LogP contribution >= 0.6 is 11.8 Å². The monoisotopic (exact) mass is 301 g/mol. The fraction of sp³-hybridized carbons (Fsp3) is 0.412. The molecule has 3 nitrogen and oxygen atoms in total. The Balaban J connectivity index is 1.84.